The Morgan fingerprint density at radius 1 is 1.21 bits per heavy atom. The fraction of sp³-hybridized carbons (Fsp3) is 0.308. The number of nitrogen functional groups attached to an aromatic ring is 1. The van der Waals surface area contributed by atoms with Crippen molar-refractivity contribution in [1.29, 1.82) is 0 Å². The number of nitrogens with one attached hydrogen (secondary N) is 1. The van der Waals surface area contributed by atoms with Gasteiger partial charge >= 0.3 is 6.18 Å². The highest BCUT2D eigenvalue weighted by molar-refractivity contribution is 5.98. The minimum absolute atomic E-state index is 0.0925. The lowest BCUT2D eigenvalue weighted by molar-refractivity contribution is -0.151. The Labute approximate surface area is 107 Å². The van der Waals surface area contributed by atoms with Gasteiger partial charge in [-0.15, -0.1) is 0 Å². The van der Waals surface area contributed by atoms with Crippen molar-refractivity contribution in [2.24, 2.45) is 0 Å². The van der Waals surface area contributed by atoms with Gasteiger partial charge in [-0.05, 0) is 37.1 Å². The fourth-order valence-corrected chi connectivity index (χ4v) is 2.16. The van der Waals surface area contributed by atoms with Crippen LogP contribution in [0.5, 0.6) is 0 Å². The van der Waals surface area contributed by atoms with E-state index in [1.54, 1.807) is 30.5 Å². The van der Waals surface area contributed by atoms with Gasteiger partial charge in [0.2, 0.25) is 0 Å². The molecule has 1 aliphatic rings. The van der Waals surface area contributed by atoms with E-state index in [1.165, 1.54) is 0 Å². The van der Waals surface area contributed by atoms with Gasteiger partial charge in [-0.25, -0.2) is 0 Å². The lowest BCUT2D eigenvalue weighted by Crippen LogP contribution is -2.38. The Morgan fingerprint density at radius 3 is 2.58 bits per heavy atom. The molecule has 0 spiro atoms. The Hall–Kier alpha value is -1.98. The maximum absolute atomic E-state index is 13.0. The lowest BCUT2D eigenvalue weighted by atomic mass is 10.1. The van der Waals surface area contributed by atoms with Gasteiger partial charge in [-0.2, -0.15) is 13.2 Å². The molecule has 1 fully saturated rings. The highest BCUT2D eigenvalue weighted by Gasteiger charge is 2.63. The number of hydrogen-bond donors (Lipinski definition) is 2. The van der Waals surface area contributed by atoms with E-state index >= 15 is 0 Å². The molecule has 19 heavy (non-hydrogen) atoms. The first-order valence-electron chi connectivity index (χ1n) is 5.91. The van der Waals surface area contributed by atoms with Gasteiger partial charge in [0.25, 0.3) is 0 Å². The van der Waals surface area contributed by atoms with Gasteiger partial charge in [-0.1, -0.05) is 0 Å². The molecule has 3 rings (SSSR count). The number of aromatic nitrogens is 1. The number of pyridine rings is 1. The molecule has 0 aliphatic heterocycles. The molecule has 0 unspecified atom stereocenters. The normalized spacial score (nSPS) is 17.4. The number of benzene rings is 1. The first-order valence-corrected chi connectivity index (χ1v) is 5.91. The van der Waals surface area contributed by atoms with E-state index in [1.807, 2.05) is 0 Å². The van der Waals surface area contributed by atoms with E-state index in [0.717, 1.165) is 0 Å². The Balaban J connectivity index is 2.06. The third-order valence-electron chi connectivity index (χ3n) is 3.47. The lowest BCUT2D eigenvalue weighted by Gasteiger charge is -2.22. The topological polar surface area (TPSA) is 50.9 Å². The van der Waals surface area contributed by atoms with Crippen LogP contribution in [0, 0.1) is 0 Å². The van der Waals surface area contributed by atoms with Crippen LogP contribution in [0.25, 0.3) is 10.9 Å². The third-order valence-corrected chi connectivity index (χ3v) is 3.47. The second-order valence-corrected chi connectivity index (χ2v) is 4.81. The molecule has 1 saturated carbocycles. The van der Waals surface area contributed by atoms with E-state index in [4.69, 9.17) is 5.73 Å². The minimum Gasteiger partial charge on any atom is -0.398 e. The van der Waals surface area contributed by atoms with Crippen LogP contribution >= 0.6 is 0 Å². The zero-order valence-corrected chi connectivity index (χ0v) is 9.96. The summed E-state index contributed by atoms with van der Waals surface area (Å²) in [6.45, 7) is 0. The number of nitrogens with two attached hydrogens (primary N) is 1. The quantitative estimate of drug-likeness (QED) is 0.821. The molecule has 0 bridgehead atoms. The van der Waals surface area contributed by atoms with Gasteiger partial charge in [-0.3, -0.25) is 4.98 Å². The maximum Gasteiger partial charge on any atom is 0.411 e. The summed E-state index contributed by atoms with van der Waals surface area (Å²) in [6.07, 6.45) is -2.53. The molecule has 1 aromatic carbocycles. The Morgan fingerprint density at radius 2 is 1.95 bits per heavy atom. The molecule has 0 amide bonds. The second kappa shape index (κ2) is 3.76. The van der Waals surface area contributed by atoms with E-state index < -0.39 is 11.7 Å². The average molecular weight is 267 g/mol. The van der Waals surface area contributed by atoms with Crippen molar-refractivity contribution >= 4 is 22.3 Å². The van der Waals surface area contributed by atoms with Crippen molar-refractivity contribution in [1.82, 2.24) is 4.98 Å². The maximum atomic E-state index is 13.0. The molecule has 100 valence electrons. The molecule has 6 heteroatoms. The number of alkyl halides is 3. The van der Waals surface area contributed by atoms with Crippen molar-refractivity contribution < 1.29 is 13.2 Å². The smallest absolute Gasteiger partial charge is 0.398 e. The summed E-state index contributed by atoms with van der Waals surface area (Å²) in [7, 11) is 0. The molecular formula is C13H12F3N3. The van der Waals surface area contributed by atoms with Crippen LogP contribution in [0.3, 0.4) is 0 Å². The summed E-state index contributed by atoms with van der Waals surface area (Å²) in [4.78, 5) is 4.13. The highest BCUT2D eigenvalue weighted by Crippen LogP contribution is 2.51. The summed E-state index contributed by atoms with van der Waals surface area (Å²) in [6, 6.07) is 6.60. The molecule has 0 radical (unpaired) electrons. The molecule has 3 nitrogen and oxygen atoms in total. The van der Waals surface area contributed by atoms with Crippen molar-refractivity contribution in [3.63, 3.8) is 0 Å². The van der Waals surface area contributed by atoms with Gasteiger partial charge in [0, 0.05) is 17.3 Å². The van der Waals surface area contributed by atoms with Gasteiger partial charge in [0.1, 0.15) is 5.54 Å². The summed E-state index contributed by atoms with van der Waals surface area (Å²) < 4.78 is 38.9. The van der Waals surface area contributed by atoms with Crippen LogP contribution in [0.1, 0.15) is 12.8 Å². The molecule has 3 N–H and O–H groups in total. The molecule has 1 aromatic heterocycles. The fourth-order valence-electron chi connectivity index (χ4n) is 2.16. The van der Waals surface area contributed by atoms with Crippen LogP contribution < -0.4 is 11.1 Å². The summed E-state index contributed by atoms with van der Waals surface area (Å²) in [5, 5.41) is 3.25. The first kappa shape index (κ1) is 12.1. The molecular weight excluding hydrogens is 255 g/mol. The van der Waals surface area contributed by atoms with Crippen molar-refractivity contribution in [2.75, 3.05) is 11.1 Å². The summed E-state index contributed by atoms with van der Waals surface area (Å²) >= 11 is 0. The summed E-state index contributed by atoms with van der Waals surface area (Å²) in [5.41, 5.74) is 5.35. The number of hydrogen-bond acceptors (Lipinski definition) is 3. The predicted octanol–water partition coefficient (Wildman–Crippen LogP) is 3.32. The third kappa shape index (κ3) is 1.87. The average Bonchev–Trinajstić information content (AvgIpc) is 3.14. The molecule has 1 heterocycles. The Bertz CT molecular complexity index is 633. The Kier molecular flexibility index (Phi) is 2.39. The minimum atomic E-state index is -4.25. The predicted molar refractivity (Wildman–Crippen MR) is 67.8 cm³/mol. The number of halogens is 3. The van der Waals surface area contributed by atoms with Gasteiger partial charge in [0.15, 0.2) is 0 Å². The molecule has 0 atom stereocenters. The van der Waals surface area contributed by atoms with E-state index in [-0.39, 0.29) is 12.8 Å². The second-order valence-electron chi connectivity index (χ2n) is 4.81. The van der Waals surface area contributed by atoms with E-state index in [9.17, 15) is 13.2 Å². The van der Waals surface area contributed by atoms with Gasteiger partial charge < -0.3 is 11.1 Å². The zero-order chi connectivity index (χ0) is 13.7. The highest BCUT2D eigenvalue weighted by atomic mass is 19.4. The van der Waals surface area contributed by atoms with Crippen LogP contribution in [0.2, 0.25) is 0 Å². The number of nitrogens with zero attached hydrogens (tertiary/aromatic N) is 1. The zero-order valence-electron chi connectivity index (χ0n) is 9.96. The van der Waals surface area contributed by atoms with Crippen molar-refractivity contribution in [3.05, 3.63) is 30.5 Å². The van der Waals surface area contributed by atoms with Crippen LogP contribution in [0.15, 0.2) is 30.5 Å². The van der Waals surface area contributed by atoms with Gasteiger partial charge in [0.05, 0.1) is 11.2 Å². The standard InChI is InChI=1S/C13H12F3N3/c14-13(15,16)12(5-6-12)19-10-4-3-9(17)8-2-1-7-18-11(8)10/h1-4,7,19H,5-6,17H2. The van der Waals surface area contributed by atoms with E-state index in [0.29, 0.717) is 22.3 Å². The van der Waals surface area contributed by atoms with Crippen LogP contribution in [0.4, 0.5) is 24.5 Å². The molecule has 0 saturated heterocycles. The van der Waals surface area contributed by atoms with Crippen molar-refractivity contribution in [3.8, 4) is 0 Å². The SMILES string of the molecule is Nc1ccc(NC2(C(F)(F)F)CC2)c2ncccc12. The van der Waals surface area contributed by atoms with Crippen molar-refractivity contribution in [2.45, 2.75) is 24.6 Å². The van der Waals surface area contributed by atoms with Crippen LogP contribution in [-0.2, 0) is 0 Å². The van der Waals surface area contributed by atoms with E-state index in [2.05, 4.69) is 10.3 Å². The number of anilines is 2. The molecule has 2 aromatic rings. The monoisotopic (exact) mass is 267 g/mol. The van der Waals surface area contributed by atoms with Crippen LogP contribution in [-0.4, -0.2) is 16.7 Å². The first-order chi connectivity index (χ1) is 8.93. The number of fused-ring (bicyclic) bond motifs is 1. The molecule has 1 aliphatic carbocycles. The largest absolute Gasteiger partial charge is 0.411 e. The number of rotatable bonds is 2. The summed E-state index contributed by atoms with van der Waals surface area (Å²) in [5.74, 6) is 0.